The number of halogens is 3. The van der Waals surface area contributed by atoms with Crippen molar-refractivity contribution in [2.24, 2.45) is 0 Å². The number of carbonyl (C=O) groups excluding carboxylic acids is 1. The zero-order valence-electron chi connectivity index (χ0n) is 15.5. The van der Waals surface area contributed by atoms with Gasteiger partial charge in [-0.25, -0.2) is 9.97 Å². The first-order valence-electron chi connectivity index (χ1n) is 9.13. The van der Waals surface area contributed by atoms with Crippen molar-refractivity contribution in [1.82, 2.24) is 15.3 Å². The molecule has 0 radical (unpaired) electrons. The number of nitrogens with one attached hydrogen (secondary N) is 2. The third-order valence-electron chi connectivity index (χ3n) is 4.45. The summed E-state index contributed by atoms with van der Waals surface area (Å²) in [4.78, 5) is 23.1. The summed E-state index contributed by atoms with van der Waals surface area (Å²) in [6.45, 7) is 4.22. The van der Waals surface area contributed by atoms with Crippen LogP contribution in [0, 0.1) is 6.92 Å². The molecule has 0 atom stereocenters. The van der Waals surface area contributed by atoms with Crippen molar-refractivity contribution in [3.63, 3.8) is 0 Å². The largest absolute Gasteiger partial charge is 0.417 e. The van der Waals surface area contributed by atoms with Crippen LogP contribution in [0.2, 0.25) is 0 Å². The maximum absolute atomic E-state index is 13.0. The van der Waals surface area contributed by atoms with E-state index in [9.17, 15) is 18.0 Å². The molecule has 1 aliphatic rings. The lowest BCUT2D eigenvalue weighted by atomic mass is 10.1. The maximum Gasteiger partial charge on any atom is 0.417 e. The van der Waals surface area contributed by atoms with E-state index in [1.165, 1.54) is 18.2 Å². The summed E-state index contributed by atoms with van der Waals surface area (Å²) in [5.41, 5.74) is -1.33. The van der Waals surface area contributed by atoms with E-state index >= 15 is 0 Å². The van der Waals surface area contributed by atoms with Gasteiger partial charge in [-0.05, 0) is 31.9 Å². The van der Waals surface area contributed by atoms with Gasteiger partial charge in [0.05, 0.1) is 11.1 Å². The van der Waals surface area contributed by atoms with Gasteiger partial charge in [0.2, 0.25) is 0 Å². The van der Waals surface area contributed by atoms with Gasteiger partial charge in [0.25, 0.3) is 5.91 Å². The Kier molecular flexibility index (Phi) is 6.01. The summed E-state index contributed by atoms with van der Waals surface area (Å²) in [6, 6.07) is 6.58. The minimum absolute atomic E-state index is 0.160. The second kappa shape index (κ2) is 8.45. The molecule has 28 heavy (non-hydrogen) atoms. The van der Waals surface area contributed by atoms with E-state index in [0.29, 0.717) is 18.2 Å². The summed E-state index contributed by atoms with van der Waals surface area (Å²) in [6.07, 6.45) is -2.30. The van der Waals surface area contributed by atoms with E-state index in [0.717, 1.165) is 37.8 Å². The number of nitrogens with zero attached hydrogens (tertiary/aromatic N) is 3. The van der Waals surface area contributed by atoms with E-state index in [-0.39, 0.29) is 12.1 Å². The van der Waals surface area contributed by atoms with Crippen LogP contribution >= 0.6 is 0 Å². The fraction of sp³-hybridized carbons (Fsp3) is 0.421. The molecule has 2 N–H and O–H groups in total. The Morgan fingerprint density at radius 3 is 2.57 bits per heavy atom. The molecule has 0 spiro atoms. The van der Waals surface area contributed by atoms with Gasteiger partial charge in [0, 0.05) is 32.2 Å². The van der Waals surface area contributed by atoms with Crippen LogP contribution in [0.3, 0.4) is 0 Å². The number of alkyl halides is 3. The first-order valence-corrected chi connectivity index (χ1v) is 9.13. The van der Waals surface area contributed by atoms with E-state index in [1.807, 2.05) is 6.07 Å². The lowest BCUT2D eigenvalue weighted by Gasteiger charge is -2.18. The predicted octanol–water partition coefficient (Wildman–Crippen LogP) is 3.25. The predicted molar refractivity (Wildman–Crippen MR) is 100 cm³/mol. The minimum Gasteiger partial charge on any atom is -0.368 e. The van der Waals surface area contributed by atoms with Crippen molar-refractivity contribution in [2.75, 3.05) is 36.4 Å². The molecule has 1 fully saturated rings. The minimum atomic E-state index is -4.57. The van der Waals surface area contributed by atoms with E-state index in [2.05, 4.69) is 25.5 Å². The van der Waals surface area contributed by atoms with Crippen molar-refractivity contribution in [1.29, 1.82) is 0 Å². The van der Waals surface area contributed by atoms with Crippen molar-refractivity contribution in [3.05, 3.63) is 47.3 Å². The fourth-order valence-corrected chi connectivity index (χ4v) is 3.14. The van der Waals surface area contributed by atoms with Gasteiger partial charge in [0.15, 0.2) is 0 Å². The monoisotopic (exact) mass is 393 g/mol. The molecule has 0 unspecified atom stereocenters. The van der Waals surface area contributed by atoms with Crippen molar-refractivity contribution in [3.8, 4) is 0 Å². The topological polar surface area (TPSA) is 70.2 Å². The number of hydrogen-bond donors (Lipinski definition) is 2. The third kappa shape index (κ3) is 4.90. The van der Waals surface area contributed by atoms with E-state index in [1.54, 1.807) is 6.92 Å². The Hall–Kier alpha value is -2.84. The van der Waals surface area contributed by atoms with Crippen LogP contribution in [0.5, 0.6) is 0 Å². The molecule has 3 rings (SSSR count). The van der Waals surface area contributed by atoms with Gasteiger partial charge >= 0.3 is 6.18 Å². The number of carbonyl (C=O) groups is 1. The Morgan fingerprint density at radius 1 is 1.14 bits per heavy atom. The Balaban J connectivity index is 1.56. The highest BCUT2D eigenvalue weighted by molar-refractivity contribution is 5.95. The summed E-state index contributed by atoms with van der Waals surface area (Å²) >= 11 is 0. The van der Waals surface area contributed by atoms with Gasteiger partial charge in [0.1, 0.15) is 17.5 Å². The molecule has 2 heterocycles. The zero-order valence-corrected chi connectivity index (χ0v) is 15.5. The Morgan fingerprint density at radius 2 is 1.86 bits per heavy atom. The highest BCUT2D eigenvalue weighted by atomic mass is 19.4. The first kappa shape index (κ1) is 19.9. The van der Waals surface area contributed by atoms with Gasteiger partial charge < -0.3 is 15.5 Å². The lowest BCUT2D eigenvalue weighted by molar-refractivity contribution is -0.137. The SMILES string of the molecule is Cc1nc(NCCNC(=O)c2ccccc2C(F)(F)F)cc(N2CCCC2)n1. The van der Waals surface area contributed by atoms with Crippen LogP contribution in [0.15, 0.2) is 30.3 Å². The molecule has 0 aliphatic carbocycles. The Bertz CT molecular complexity index is 835. The molecule has 0 bridgehead atoms. The molecule has 9 heteroatoms. The van der Waals surface area contributed by atoms with Gasteiger partial charge in [-0.15, -0.1) is 0 Å². The second-order valence-corrected chi connectivity index (χ2v) is 6.58. The molecular formula is C19H22F3N5O. The molecule has 1 aromatic heterocycles. The quantitative estimate of drug-likeness (QED) is 0.738. The van der Waals surface area contributed by atoms with Crippen LogP contribution in [-0.2, 0) is 6.18 Å². The number of aromatic nitrogens is 2. The summed E-state index contributed by atoms with van der Waals surface area (Å²) in [5, 5.41) is 5.60. The molecular weight excluding hydrogens is 371 g/mol. The summed E-state index contributed by atoms with van der Waals surface area (Å²) < 4.78 is 39.0. The van der Waals surface area contributed by atoms with Gasteiger partial charge in [-0.2, -0.15) is 13.2 Å². The van der Waals surface area contributed by atoms with Crippen LogP contribution in [0.1, 0.15) is 34.6 Å². The number of rotatable bonds is 6. The third-order valence-corrected chi connectivity index (χ3v) is 4.45. The fourth-order valence-electron chi connectivity index (χ4n) is 3.14. The average molecular weight is 393 g/mol. The molecule has 1 saturated heterocycles. The van der Waals surface area contributed by atoms with Crippen molar-refractivity contribution < 1.29 is 18.0 Å². The van der Waals surface area contributed by atoms with E-state index < -0.39 is 17.6 Å². The van der Waals surface area contributed by atoms with Gasteiger partial charge in [-0.3, -0.25) is 4.79 Å². The number of anilines is 2. The van der Waals surface area contributed by atoms with Gasteiger partial charge in [-0.1, -0.05) is 12.1 Å². The molecule has 1 aliphatic heterocycles. The highest BCUT2D eigenvalue weighted by Gasteiger charge is 2.34. The summed E-state index contributed by atoms with van der Waals surface area (Å²) in [5.74, 6) is 1.36. The molecule has 6 nitrogen and oxygen atoms in total. The molecule has 2 aromatic rings. The van der Waals surface area contributed by atoms with Crippen molar-refractivity contribution >= 4 is 17.5 Å². The molecule has 1 amide bonds. The smallest absolute Gasteiger partial charge is 0.368 e. The molecule has 1 aromatic carbocycles. The number of hydrogen-bond acceptors (Lipinski definition) is 5. The van der Waals surface area contributed by atoms with Crippen molar-refractivity contribution in [2.45, 2.75) is 25.9 Å². The second-order valence-electron chi connectivity index (χ2n) is 6.58. The summed E-state index contributed by atoms with van der Waals surface area (Å²) in [7, 11) is 0. The average Bonchev–Trinajstić information content (AvgIpc) is 3.19. The van der Waals surface area contributed by atoms with Crippen LogP contribution in [0.25, 0.3) is 0 Å². The number of aryl methyl sites for hydroxylation is 1. The highest BCUT2D eigenvalue weighted by Crippen LogP contribution is 2.31. The van der Waals surface area contributed by atoms with Crippen LogP contribution in [0.4, 0.5) is 24.8 Å². The standard InChI is InChI=1S/C19H22F3N5O/c1-13-25-16(12-17(26-13)27-10-4-5-11-27)23-8-9-24-18(28)14-6-2-3-7-15(14)19(20,21)22/h2-3,6-7,12H,4-5,8-11H2,1H3,(H,24,28)(H,23,25,26). The molecule has 0 saturated carbocycles. The van der Waals surface area contributed by atoms with Crippen LogP contribution in [-0.4, -0.2) is 42.1 Å². The van der Waals surface area contributed by atoms with E-state index in [4.69, 9.17) is 0 Å². The Labute approximate surface area is 161 Å². The molecule has 150 valence electrons. The van der Waals surface area contributed by atoms with Crippen LogP contribution < -0.4 is 15.5 Å². The maximum atomic E-state index is 13.0. The number of benzene rings is 1. The first-order chi connectivity index (χ1) is 13.3. The lowest BCUT2D eigenvalue weighted by Crippen LogP contribution is -2.30. The normalized spacial score (nSPS) is 14.2. The zero-order chi connectivity index (χ0) is 20.1. The number of amides is 1.